The first-order valence-corrected chi connectivity index (χ1v) is 9.32. The highest BCUT2D eigenvalue weighted by atomic mass is 32.1. The van der Waals surface area contributed by atoms with E-state index < -0.39 is 0 Å². The highest BCUT2D eigenvalue weighted by Crippen LogP contribution is 2.37. The number of hydrogen-bond donors (Lipinski definition) is 0. The minimum Gasteiger partial charge on any atom is -0.294 e. The van der Waals surface area contributed by atoms with E-state index in [4.69, 9.17) is 4.98 Å². The second kappa shape index (κ2) is 7.46. The third-order valence-electron chi connectivity index (χ3n) is 4.16. The molecule has 26 heavy (non-hydrogen) atoms. The van der Waals surface area contributed by atoms with Crippen molar-refractivity contribution in [1.29, 1.82) is 0 Å². The van der Waals surface area contributed by atoms with Crippen molar-refractivity contribution in [2.75, 3.05) is 0 Å². The fourth-order valence-electron chi connectivity index (χ4n) is 2.88. The SMILES string of the molecule is O=C(Cc1nc(-c2ccccc2)c(-c2ccccc2)s1)c1ccccc1. The predicted octanol–water partition coefficient (Wildman–Crippen LogP) is 5.90. The molecule has 4 aromatic rings. The van der Waals surface area contributed by atoms with Gasteiger partial charge in [0.2, 0.25) is 0 Å². The van der Waals surface area contributed by atoms with Crippen LogP contribution in [0.15, 0.2) is 91.0 Å². The lowest BCUT2D eigenvalue weighted by Gasteiger charge is -2.02. The van der Waals surface area contributed by atoms with Crippen molar-refractivity contribution in [1.82, 2.24) is 4.98 Å². The number of ketones is 1. The van der Waals surface area contributed by atoms with E-state index in [2.05, 4.69) is 24.3 Å². The van der Waals surface area contributed by atoms with Crippen LogP contribution in [0.5, 0.6) is 0 Å². The number of carbonyl (C=O) groups excluding carboxylic acids is 1. The zero-order chi connectivity index (χ0) is 17.8. The van der Waals surface area contributed by atoms with Crippen LogP contribution in [-0.2, 0) is 6.42 Å². The van der Waals surface area contributed by atoms with Crippen molar-refractivity contribution in [3.05, 3.63) is 102 Å². The Morgan fingerprint density at radius 1 is 0.731 bits per heavy atom. The van der Waals surface area contributed by atoms with Gasteiger partial charge in [0, 0.05) is 11.1 Å². The largest absolute Gasteiger partial charge is 0.294 e. The predicted molar refractivity (Wildman–Crippen MR) is 107 cm³/mol. The molecular formula is C23H17NOS. The van der Waals surface area contributed by atoms with Crippen LogP contribution in [0.2, 0.25) is 0 Å². The van der Waals surface area contributed by atoms with Crippen LogP contribution in [0.3, 0.4) is 0 Å². The number of benzene rings is 3. The zero-order valence-corrected chi connectivity index (χ0v) is 14.9. The van der Waals surface area contributed by atoms with Crippen LogP contribution in [0.1, 0.15) is 15.4 Å². The van der Waals surface area contributed by atoms with Gasteiger partial charge in [0.15, 0.2) is 5.78 Å². The molecule has 1 aromatic heterocycles. The molecule has 3 heteroatoms. The number of rotatable bonds is 5. The van der Waals surface area contributed by atoms with Crippen LogP contribution < -0.4 is 0 Å². The lowest BCUT2D eigenvalue weighted by Crippen LogP contribution is -2.02. The minimum absolute atomic E-state index is 0.0959. The van der Waals surface area contributed by atoms with E-state index in [0.717, 1.165) is 32.3 Å². The van der Waals surface area contributed by atoms with Gasteiger partial charge in [-0.15, -0.1) is 11.3 Å². The Morgan fingerprint density at radius 2 is 1.27 bits per heavy atom. The van der Waals surface area contributed by atoms with E-state index in [-0.39, 0.29) is 5.78 Å². The number of carbonyl (C=O) groups is 1. The maximum absolute atomic E-state index is 12.6. The van der Waals surface area contributed by atoms with Crippen LogP contribution >= 0.6 is 11.3 Å². The van der Waals surface area contributed by atoms with Crippen molar-refractivity contribution in [3.63, 3.8) is 0 Å². The van der Waals surface area contributed by atoms with Crippen molar-refractivity contribution in [2.45, 2.75) is 6.42 Å². The van der Waals surface area contributed by atoms with Gasteiger partial charge in [-0.25, -0.2) is 4.98 Å². The molecular weight excluding hydrogens is 338 g/mol. The number of thiazole rings is 1. The number of aromatic nitrogens is 1. The first-order chi connectivity index (χ1) is 12.8. The number of Topliss-reactive ketones (excluding diaryl/α,β-unsaturated/α-hetero) is 1. The Bertz CT molecular complexity index is 951. The lowest BCUT2D eigenvalue weighted by atomic mass is 10.1. The van der Waals surface area contributed by atoms with Crippen molar-refractivity contribution < 1.29 is 4.79 Å². The molecule has 0 fully saturated rings. The highest BCUT2D eigenvalue weighted by Gasteiger charge is 2.17. The van der Waals surface area contributed by atoms with Gasteiger partial charge >= 0.3 is 0 Å². The Labute approximate surface area is 156 Å². The molecule has 0 radical (unpaired) electrons. The molecule has 3 aromatic carbocycles. The second-order valence-corrected chi connectivity index (χ2v) is 7.07. The van der Waals surface area contributed by atoms with Gasteiger partial charge in [-0.2, -0.15) is 0 Å². The first-order valence-electron chi connectivity index (χ1n) is 8.50. The van der Waals surface area contributed by atoms with E-state index >= 15 is 0 Å². The number of nitrogens with zero attached hydrogens (tertiary/aromatic N) is 1. The summed E-state index contributed by atoms with van der Waals surface area (Å²) in [6.07, 6.45) is 0.321. The third kappa shape index (κ3) is 3.48. The molecule has 0 aliphatic carbocycles. The van der Waals surface area contributed by atoms with Gasteiger partial charge in [-0.3, -0.25) is 4.79 Å². The summed E-state index contributed by atoms with van der Waals surface area (Å²) >= 11 is 1.60. The summed E-state index contributed by atoms with van der Waals surface area (Å²) < 4.78 is 0. The summed E-state index contributed by atoms with van der Waals surface area (Å²) in [4.78, 5) is 18.5. The molecule has 4 rings (SSSR count). The molecule has 126 valence electrons. The van der Waals surface area contributed by atoms with Crippen LogP contribution in [-0.4, -0.2) is 10.8 Å². The van der Waals surface area contributed by atoms with Gasteiger partial charge in [0.25, 0.3) is 0 Å². The van der Waals surface area contributed by atoms with Gasteiger partial charge in [0.1, 0.15) is 5.01 Å². The molecule has 0 N–H and O–H groups in total. The zero-order valence-electron chi connectivity index (χ0n) is 14.1. The maximum Gasteiger partial charge on any atom is 0.169 e. The Kier molecular flexibility index (Phi) is 4.71. The third-order valence-corrected chi connectivity index (χ3v) is 5.27. The Balaban J connectivity index is 1.73. The molecule has 0 aliphatic rings. The molecule has 0 bridgehead atoms. The van der Waals surface area contributed by atoms with Crippen LogP contribution in [0.4, 0.5) is 0 Å². The normalized spacial score (nSPS) is 10.6. The molecule has 0 atom stereocenters. The van der Waals surface area contributed by atoms with Gasteiger partial charge in [-0.05, 0) is 5.56 Å². The van der Waals surface area contributed by atoms with E-state index in [1.807, 2.05) is 66.7 Å². The summed E-state index contributed by atoms with van der Waals surface area (Å²) in [6, 6.07) is 29.8. The fourth-order valence-corrected chi connectivity index (χ4v) is 3.97. The maximum atomic E-state index is 12.6. The summed E-state index contributed by atoms with van der Waals surface area (Å²) in [5.41, 5.74) is 3.87. The monoisotopic (exact) mass is 355 g/mol. The Hall–Kier alpha value is -3.04. The summed E-state index contributed by atoms with van der Waals surface area (Å²) in [5.74, 6) is 0.0959. The average molecular weight is 355 g/mol. The highest BCUT2D eigenvalue weighted by molar-refractivity contribution is 7.15. The molecule has 0 unspecified atom stereocenters. The van der Waals surface area contributed by atoms with E-state index in [9.17, 15) is 4.79 Å². The van der Waals surface area contributed by atoms with Crippen molar-refractivity contribution in [3.8, 4) is 21.7 Å². The van der Waals surface area contributed by atoms with Gasteiger partial charge < -0.3 is 0 Å². The summed E-state index contributed by atoms with van der Waals surface area (Å²) in [5, 5.41) is 0.844. The number of hydrogen-bond acceptors (Lipinski definition) is 3. The van der Waals surface area contributed by atoms with Crippen molar-refractivity contribution >= 4 is 17.1 Å². The first kappa shape index (κ1) is 16.4. The molecule has 0 saturated carbocycles. The summed E-state index contributed by atoms with van der Waals surface area (Å²) in [7, 11) is 0. The molecule has 1 heterocycles. The fraction of sp³-hybridized carbons (Fsp3) is 0.0435. The molecule has 0 spiro atoms. The molecule has 0 amide bonds. The Morgan fingerprint density at radius 3 is 1.88 bits per heavy atom. The minimum atomic E-state index is 0.0959. The molecule has 0 saturated heterocycles. The van der Waals surface area contributed by atoms with E-state index in [1.54, 1.807) is 11.3 Å². The summed E-state index contributed by atoms with van der Waals surface area (Å²) in [6.45, 7) is 0. The second-order valence-electron chi connectivity index (χ2n) is 5.98. The quantitative estimate of drug-likeness (QED) is 0.417. The molecule has 0 aliphatic heterocycles. The standard InChI is InChI=1S/C23H17NOS/c25-20(17-10-4-1-5-11-17)16-21-24-22(18-12-6-2-7-13-18)23(26-21)19-14-8-3-9-15-19/h1-15H,16H2. The van der Waals surface area contributed by atoms with Crippen LogP contribution in [0, 0.1) is 0 Å². The van der Waals surface area contributed by atoms with Crippen LogP contribution in [0.25, 0.3) is 21.7 Å². The average Bonchev–Trinajstić information content (AvgIpc) is 3.14. The molecule has 2 nitrogen and oxygen atoms in total. The van der Waals surface area contributed by atoms with Gasteiger partial charge in [0.05, 0.1) is 17.0 Å². The van der Waals surface area contributed by atoms with E-state index in [0.29, 0.717) is 6.42 Å². The van der Waals surface area contributed by atoms with E-state index in [1.165, 1.54) is 0 Å². The van der Waals surface area contributed by atoms with Crippen molar-refractivity contribution in [2.24, 2.45) is 0 Å². The lowest BCUT2D eigenvalue weighted by molar-refractivity contribution is 0.0993. The van der Waals surface area contributed by atoms with Gasteiger partial charge in [-0.1, -0.05) is 91.0 Å². The topological polar surface area (TPSA) is 30.0 Å². The smallest absolute Gasteiger partial charge is 0.169 e.